The van der Waals surface area contributed by atoms with Gasteiger partial charge in [-0.2, -0.15) is 0 Å². The van der Waals surface area contributed by atoms with Gasteiger partial charge in [-0.25, -0.2) is 0 Å². The number of methoxy groups -OCH3 is 1. The van der Waals surface area contributed by atoms with Gasteiger partial charge in [0.2, 0.25) is 5.91 Å². The first-order chi connectivity index (χ1) is 17.0. The first-order valence-corrected chi connectivity index (χ1v) is 12.6. The summed E-state index contributed by atoms with van der Waals surface area (Å²) in [6.07, 6.45) is 5.06. The summed E-state index contributed by atoms with van der Waals surface area (Å²) < 4.78 is 5.23. The van der Waals surface area contributed by atoms with Gasteiger partial charge in [0.15, 0.2) is 0 Å². The summed E-state index contributed by atoms with van der Waals surface area (Å²) in [5.74, 6) is 0.439. The highest BCUT2D eigenvalue weighted by Crippen LogP contribution is 2.24. The summed E-state index contributed by atoms with van der Waals surface area (Å²) >= 11 is 0. The lowest BCUT2D eigenvalue weighted by atomic mass is 9.88. The summed E-state index contributed by atoms with van der Waals surface area (Å²) in [7, 11) is 1.58. The van der Waals surface area contributed by atoms with Crippen molar-refractivity contribution in [2.75, 3.05) is 20.2 Å². The number of carbonyl (C=O) groups excluding carboxylic acids is 3. The number of nitrogens with zero attached hydrogens (tertiary/aromatic N) is 1. The average molecular weight is 478 g/mol. The van der Waals surface area contributed by atoms with Gasteiger partial charge in [-0.3, -0.25) is 14.4 Å². The Bertz CT molecular complexity index is 1060. The topological polar surface area (TPSA) is 87.7 Å². The fraction of sp³-hybridized carbons (Fsp3) is 0.464. The van der Waals surface area contributed by atoms with Crippen LogP contribution in [-0.4, -0.2) is 54.9 Å². The highest BCUT2D eigenvalue weighted by atomic mass is 16.5. The van der Waals surface area contributed by atoms with Crippen molar-refractivity contribution in [3.63, 3.8) is 0 Å². The maximum absolute atomic E-state index is 13.1. The maximum atomic E-state index is 13.1. The molecule has 1 aliphatic heterocycles. The molecule has 186 valence electrons. The summed E-state index contributed by atoms with van der Waals surface area (Å²) in [4.78, 5) is 40.7. The molecule has 2 fully saturated rings. The number of piperidine rings is 1. The number of carbonyl (C=O) groups is 3. The van der Waals surface area contributed by atoms with E-state index in [0.29, 0.717) is 42.8 Å². The van der Waals surface area contributed by atoms with Crippen molar-refractivity contribution in [1.82, 2.24) is 15.5 Å². The first kappa shape index (κ1) is 24.8. The van der Waals surface area contributed by atoms with Gasteiger partial charge >= 0.3 is 0 Å². The molecular formula is C28H35N3O4. The molecule has 1 saturated carbocycles. The quantitative estimate of drug-likeness (QED) is 0.664. The molecule has 1 aliphatic carbocycles. The number of hydrogen-bond donors (Lipinski definition) is 2. The van der Waals surface area contributed by atoms with E-state index >= 15 is 0 Å². The van der Waals surface area contributed by atoms with Crippen LogP contribution in [0.3, 0.4) is 0 Å². The first-order valence-electron chi connectivity index (χ1n) is 12.6. The molecule has 2 atom stereocenters. The monoisotopic (exact) mass is 477 g/mol. The molecule has 1 heterocycles. The number of rotatable bonds is 6. The van der Waals surface area contributed by atoms with Gasteiger partial charge in [0, 0.05) is 42.2 Å². The van der Waals surface area contributed by atoms with Crippen molar-refractivity contribution in [2.45, 2.75) is 57.5 Å². The Balaban J connectivity index is 1.31. The zero-order valence-electron chi connectivity index (χ0n) is 20.6. The maximum Gasteiger partial charge on any atom is 0.253 e. The highest BCUT2D eigenvalue weighted by molar-refractivity contribution is 5.96. The zero-order valence-corrected chi connectivity index (χ0v) is 20.6. The van der Waals surface area contributed by atoms with Crippen molar-refractivity contribution in [3.05, 3.63) is 65.2 Å². The molecule has 0 spiro atoms. The van der Waals surface area contributed by atoms with Crippen LogP contribution in [0.25, 0.3) is 0 Å². The molecule has 1 unspecified atom stereocenters. The number of ether oxygens (including phenoxy) is 1. The van der Waals surface area contributed by atoms with Gasteiger partial charge < -0.3 is 20.3 Å². The Morgan fingerprint density at radius 1 is 0.886 bits per heavy atom. The van der Waals surface area contributed by atoms with E-state index in [1.165, 1.54) is 0 Å². The standard InChI is InChI=1S/C28H35N3O4/c1-19-8-3-4-11-23(19)27(33)30-25-13-6-5-12-24(25)29-26(32)20-14-16-31(17-15-20)28(34)21-9-7-10-22(18-21)35-2/h3-4,7-11,18,20,24-25H,5-6,12-17H2,1-2H3,(H,29,32)(H,30,33)/t24?,25-/m1/s1. The lowest BCUT2D eigenvalue weighted by Gasteiger charge is -2.36. The van der Waals surface area contributed by atoms with Crippen molar-refractivity contribution in [2.24, 2.45) is 5.92 Å². The van der Waals surface area contributed by atoms with Crippen LogP contribution in [0.2, 0.25) is 0 Å². The van der Waals surface area contributed by atoms with E-state index in [0.717, 1.165) is 31.2 Å². The smallest absolute Gasteiger partial charge is 0.253 e. The third-order valence-electron chi connectivity index (χ3n) is 7.27. The van der Waals surface area contributed by atoms with Crippen molar-refractivity contribution < 1.29 is 19.1 Å². The molecule has 0 aromatic heterocycles. The summed E-state index contributed by atoms with van der Waals surface area (Å²) in [6, 6.07) is 14.6. The van der Waals surface area contributed by atoms with Crippen LogP contribution in [0.15, 0.2) is 48.5 Å². The number of likely N-dealkylation sites (tertiary alicyclic amines) is 1. The van der Waals surface area contributed by atoms with Gasteiger partial charge in [0.1, 0.15) is 5.75 Å². The van der Waals surface area contributed by atoms with Crippen molar-refractivity contribution in [1.29, 1.82) is 0 Å². The van der Waals surface area contributed by atoms with E-state index < -0.39 is 0 Å². The Morgan fingerprint density at radius 2 is 1.57 bits per heavy atom. The summed E-state index contributed by atoms with van der Waals surface area (Å²) in [5.41, 5.74) is 2.22. The van der Waals surface area contributed by atoms with Crippen LogP contribution in [0.5, 0.6) is 5.75 Å². The predicted molar refractivity (Wildman–Crippen MR) is 134 cm³/mol. The zero-order chi connectivity index (χ0) is 24.8. The van der Waals surface area contributed by atoms with Gasteiger partial charge in [0.25, 0.3) is 11.8 Å². The summed E-state index contributed by atoms with van der Waals surface area (Å²) in [5, 5.41) is 6.39. The van der Waals surface area contributed by atoms with Crippen molar-refractivity contribution >= 4 is 17.7 Å². The number of benzene rings is 2. The lowest BCUT2D eigenvalue weighted by molar-refractivity contribution is -0.127. The van der Waals surface area contributed by atoms with E-state index in [-0.39, 0.29) is 35.7 Å². The molecular weight excluding hydrogens is 442 g/mol. The molecule has 3 amide bonds. The number of nitrogens with one attached hydrogen (secondary N) is 2. The SMILES string of the molecule is COc1cccc(C(=O)N2CCC(C(=O)NC3CCCC[C@H]3NC(=O)c3ccccc3C)CC2)c1. The lowest BCUT2D eigenvalue weighted by Crippen LogP contribution is -2.55. The molecule has 2 aromatic carbocycles. The highest BCUT2D eigenvalue weighted by Gasteiger charge is 2.33. The molecule has 35 heavy (non-hydrogen) atoms. The molecule has 2 aliphatic rings. The van der Waals surface area contributed by atoms with E-state index in [1.54, 1.807) is 19.2 Å². The Labute approximate surface area is 207 Å². The molecule has 0 bridgehead atoms. The van der Waals surface area contributed by atoms with Crippen LogP contribution in [0.4, 0.5) is 0 Å². The van der Waals surface area contributed by atoms with Crippen LogP contribution in [0, 0.1) is 12.8 Å². The fourth-order valence-corrected chi connectivity index (χ4v) is 5.13. The van der Waals surface area contributed by atoms with E-state index in [4.69, 9.17) is 4.74 Å². The minimum absolute atomic E-state index is 0.0283. The largest absolute Gasteiger partial charge is 0.497 e. The molecule has 2 N–H and O–H groups in total. The predicted octanol–water partition coefficient (Wildman–Crippen LogP) is 3.71. The second kappa shape index (κ2) is 11.4. The number of amides is 3. The van der Waals surface area contributed by atoms with E-state index in [9.17, 15) is 14.4 Å². The van der Waals surface area contributed by atoms with Gasteiger partial charge in [0.05, 0.1) is 7.11 Å². The minimum Gasteiger partial charge on any atom is -0.497 e. The molecule has 7 nitrogen and oxygen atoms in total. The molecule has 7 heteroatoms. The van der Waals surface area contributed by atoms with Crippen LogP contribution >= 0.6 is 0 Å². The summed E-state index contributed by atoms with van der Waals surface area (Å²) in [6.45, 7) is 3.03. The Kier molecular flexibility index (Phi) is 8.06. The van der Waals surface area contributed by atoms with Crippen LogP contribution < -0.4 is 15.4 Å². The van der Waals surface area contributed by atoms with Gasteiger partial charge in [-0.15, -0.1) is 0 Å². The Morgan fingerprint density at radius 3 is 2.26 bits per heavy atom. The number of aryl methyl sites for hydroxylation is 1. The third-order valence-corrected chi connectivity index (χ3v) is 7.27. The second-order valence-corrected chi connectivity index (χ2v) is 9.59. The van der Waals surface area contributed by atoms with Gasteiger partial charge in [-0.1, -0.05) is 37.1 Å². The fourth-order valence-electron chi connectivity index (χ4n) is 5.13. The number of hydrogen-bond acceptors (Lipinski definition) is 4. The van der Waals surface area contributed by atoms with Crippen LogP contribution in [-0.2, 0) is 4.79 Å². The normalized spacial score (nSPS) is 20.7. The molecule has 0 radical (unpaired) electrons. The van der Waals surface area contributed by atoms with Crippen molar-refractivity contribution in [3.8, 4) is 5.75 Å². The van der Waals surface area contributed by atoms with Crippen LogP contribution in [0.1, 0.15) is 64.8 Å². The minimum atomic E-state index is -0.126. The molecule has 1 saturated heterocycles. The molecule has 2 aromatic rings. The van der Waals surface area contributed by atoms with Gasteiger partial charge in [-0.05, 0) is 62.4 Å². The van der Waals surface area contributed by atoms with E-state index in [2.05, 4.69) is 10.6 Å². The van der Waals surface area contributed by atoms with E-state index in [1.807, 2.05) is 48.2 Å². The average Bonchev–Trinajstić information content (AvgIpc) is 2.89. The second-order valence-electron chi connectivity index (χ2n) is 9.59. The third kappa shape index (κ3) is 6.02. The Hall–Kier alpha value is -3.35. The molecule has 4 rings (SSSR count).